The van der Waals surface area contributed by atoms with Crippen LogP contribution in [0.4, 0.5) is 11.4 Å². The quantitative estimate of drug-likeness (QED) is 0.448. The van der Waals surface area contributed by atoms with Crippen LogP contribution in [0.1, 0.15) is 15.9 Å². The van der Waals surface area contributed by atoms with Gasteiger partial charge in [-0.1, -0.05) is 48.5 Å². The first-order valence-corrected chi connectivity index (χ1v) is 11.4. The number of nitrogens with one attached hydrogen (secondary N) is 1. The van der Waals surface area contributed by atoms with Crippen LogP contribution in [0.5, 0.6) is 0 Å². The standard InChI is InChI=1S/C25H21N3O3S/c29-25(27-22-8-7-17-26-18-22)21-15-13-20(14-16-21)19-28(23-9-3-1-4-10-23)32(30,31)24-11-5-2-6-12-24/h1-18H,19H2,(H,27,29). The summed E-state index contributed by atoms with van der Waals surface area (Å²) in [5.74, 6) is -0.263. The van der Waals surface area contributed by atoms with Crippen LogP contribution in [0.3, 0.4) is 0 Å². The van der Waals surface area contributed by atoms with E-state index in [0.717, 1.165) is 5.56 Å². The maximum atomic E-state index is 13.4. The van der Waals surface area contributed by atoms with E-state index in [1.54, 1.807) is 103 Å². The molecule has 4 rings (SSSR count). The van der Waals surface area contributed by atoms with Gasteiger partial charge in [0.2, 0.25) is 0 Å². The Hall–Kier alpha value is -3.97. The minimum Gasteiger partial charge on any atom is -0.321 e. The van der Waals surface area contributed by atoms with Gasteiger partial charge >= 0.3 is 0 Å². The first kappa shape index (κ1) is 21.3. The van der Waals surface area contributed by atoms with Gasteiger partial charge in [0.25, 0.3) is 15.9 Å². The summed E-state index contributed by atoms with van der Waals surface area (Å²) in [6.45, 7) is 0.131. The third kappa shape index (κ3) is 4.84. The van der Waals surface area contributed by atoms with Gasteiger partial charge in [-0.25, -0.2) is 8.42 Å². The van der Waals surface area contributed by atoms with E-state index >= 15 is 0 Å². The molecule has 0 aliphatic rings. The zero-order valence-electron chi connectivity index (χ0n) is 17.1. The number of sulfonamides is 1. The van der Waals surface area contributed by atoms with Crippen LogP contribution in [-0.4, -0.2) is 19.3 Å². The molecule has 0 spiro atoms. The topological polar surface area (TPSA) is 79.4 Å². The van der Waals surface area contributed by atoms with E-state index in [-0.39, 0.29) is 17.3 Å². The first-order chi connectivity index (χ1) is 15.5. The average Bonchev–Trinajstić information content (AvgIpc) is 2.84. The third-order valence-electron chi connectivity index (χ3n) is 4.84. The van der Waals surface area contributed by atoms with Crippen molar-refractivity contribution in [1.29, 1.82) is 0 Å². The summed E-state index contributed by atoms with van der Waals surface area (Å²) in [6.07, 6.45) is 3.20. The SMILES string of the molecule is O=C(Nc1cccnc1)c1ccc(CN(c2ccccc2)S(=O)(=O)c2ccccc2)cc1. The normalized spacial score (nSPS) is 11.0. The Bertz CT molecular complexity index is 1280. The fourth-order valence-corrected chi connectivity index (χ4v) is 4.67. The number of nitrogens with zero attached hydrogens (tertiary/aromatic N) is 2. The van der Waals surface area contributed by atoms with Gasteiger partial charge in [0.15, 0.2) is 0 Å². The highest BCUT2D eigenvalue weighted by Crippen LogP contribution is 2.26. The summed E-state index contributed by atoms with van der Waals surface area (Å²) in [5, 5.41) is 2.78. The van der Waals surface area contributed by atoms with Crippen molar-refractivity contribution in [3.05, 3.63) is 121 Å². The second-order valence-corrected chi connectivity index (χ2v) is 8.92. The number of carbonyl (C=O) groups excluding carboxylic acids is 1. The van der Waals surface area contributed by atoms with Gasteiger partial charge < -0.3 is 5.32 Å². The molecular weight excluding hydrogens is 422 g/mol. The molecule has 1 amide bonds. The molecule has 160 valence electrons. The van der Waals surface area contributed by atoms with Crippen molar-refractivity contribution in [1.82, 2.24) is 4.98 Å². The molecule has 0 radical (unpaired) electrons. The molecule has 0 aliphatic heterocycles. The van der Waals surface area contributed by atoms with Gasteiger partial charge in [-0.15, -0.1) is 0 Å². The highest BCUT2D eigenvalue weighted by Gasteiger charge is 2.25. The fraction of sp³-hybridized carbons (Fsp3) is 0.0400. The second kappa shape index (κ2) is 9.45. The number of aromatic nitrogens is 1. The molecule has 1 aromatic heterocycles. The number of carbonyl (C=O) groups is 1. The molecule has 3 aromatic carbocycles. The lowest BCUT2D eigenvalue weighted by molar-refractivity contribution is 0.102. The molecule has 1 heterocycles. The number of anilines is 2. The lowest BCUT2D eigenvalue weighted by atomic mass is 10.1. The smallest absolute Gasteiger partial charge is 0.264 e. The zero-order chi connectivity index (χ0) is 22.4. The van der Waals surface area contributed by atoms with E-state index in [2.05, 4.69) is 10.3 Å². The zero-order valence-corrected chi connectivity index (χ0v) is 17.9. The van der Waals surface area contributed by atoms with E-state index in [9.17, 15) is 13.2 Å². The Morgan fingerprint density at radius 2 is 1.47 bits per heavy atom. The fourth-order valence-electron chi connectivity index (χ4n) is 3.20. The minimum atomic E-state index is -3.77. The van der Waals surface area contributed by atoms with Crippen molar-refractivity contribution in [2.45, 2.75) is 11.4 Å². The molecule has 32 heavy (non-hydrogen) atoms. The molecule has 6 nitrogen and oxygen atoms in total. The largest absolute Gasteiger partial charge is 0.321 e. The van der Waals surface area contributed by atoms with E-state index in [0.29, 0.717) is 16.9 Å². The van der Waals surface area contributed by atoms with Crippen molar-refractivity contribution in [3.8, 4) is 0 Å². The minimum absolute atomic E-state index is 0.131. The van der Waals surface area contributed by atoms with Gasteiger partial charge in [-0.3, -0.25) is 14.1 Å². The number of rotatable bonds is 7. The average molecular weight is 444 g/mol. The van der Waals surface area contributed by atoms with Crippen LogP contribution in [0.15, 0.2) is 114 Å². The molecular formula is C25H21N3O3S. The number of hydrogen-bond donors (Lipinski definition) is 1. The number of benzene rings is 3. The van der Waals surface area contributed by atoms with Crippen LogP contribution >= 0.6 is 0 Å². The number of amides is 1. The summed E-state index contributed by atoms with van der Waals surface area (Å²) in [7, 11) is -3.77. The highest BCUT2D eigenvalue weighted by molar-refractivity contribution is 7.92. The third-order valence-corrected chi connectivity index (χ3v) is 6.63. The van der Waals surface area contributed by atoms with E-state index in [1.807, 2.05) is 6.07 Å². The Kier molecular flexibility index (Phi) is 6.28. The lowest BCUT2D eigenvalue weighted by Crippen LogP contribution is -2.30. The van der Waals surface area contributed by atoms with Crippen LogP contribution < -0.4 is 9.62 Å². The first-order valence-electron chi connectivity index (χ1n) is 9.97. The van der Waals surface area contributed by atoms with Crippen molar-refractivity contribution in [2.75, 3.05) is 9.62 Å². The number of hydrogen-bond acceptors (Lipinski definition) is 4. The van der Waals surface area contributed by atoms with Crippen molar-refractivity contribution in [2.24, 2.45) is 0 Å². The Morgan fingerprint density at radius 3 is 2.09 bits per heavy atom. The van der Waals surface area contributed by atoms with E-state index < -0.39 is 10.0 Å². The Morgan fingerprint density at radius 1 is 0.812 bits per heavy atom. The summed E-state index contributed by atoms with van der Waals surface area (Å²) in [4.78, 5) is 16.7. The molecule has 0 aliphatic carbocycles. The summed E-state index contributed by atoms with van der Waals surface area (Å²) in [5.41, 5.74) is 2.39. The van der Waals surface area contributed by atoms with Gasteiger partial charge in [0.05, 0.1) is 29.0 Å². The maximum absolute atomic E-state index is 13.4. The highest BCUT2D eigenvalue weighted by atomic mass is 32.2. The van der Waals surface area contributed by atoms with E-state index in [4.69, 9.17) is 0 Å². The predicted molar refractivity (Wildman–Crippen MR) is 125 cm³/mol. The van der Waals surface area contributed by atoms with Crippen LogP contribution in [0, 0.1) is 0 Å². The molecule has 7 heteroatoms. The molecule has 0 saturated carbocycles. The van der Waals surface area contributed by atoms with Gasteiger partial charge in [0, 0.05) is 11.8 Å². The second-order valence-electron chi connectivity index (χ2n) is 7.05. The molecule has 0 atom stereocenters. The van der Waals surface area contributed by atoms with Gasteiger partial charge in [-0.05, 0) is 54.1 Å². The Labute approximate surface area is 187 Å². The van der Waals surface area contributed by atoms with Crippen molar-refractivity contribution >= 4 is 27.3 Å². The maximum Gasteiger partial charge on any atom is 0.264 e. The van der Waals surface area contributed by atoms with Crippen LogP contribution in [-0.2, 0) is 16.6 Å². The molecule has 4 aromatic rings. The van der Waals surface area contributed by atoms with Gasteiger partial charge in [-0.2, -0.15) is 0 Å². The molecule has 0 bridgehead atoms. The predicted octanol–water partition coefficient (Wildman–Crippen LogP) is 4.73. The summed E-state index contributed by atoms with van der Waals surface area (Å²) < 4.78 is 28.1. The summed E-state index contributed by atoms with van der Waals surface area (Å²) in [6, 6.07) is 27.7. The molecule has 0 saturated heterocycles. The number of pyridine rings is 1. The molecule has 1 N–H and O–H groups in total. The monoisotopic (exact) mass is 443 g/mol. The van der Waals surface area contributed by atoms with Crippen LogP contribution in [0.2, 0.25) is 0 Å². The Balaban J connectivity index is 1.58. The van der Waals surface area contributed by atoms with E-state index in [1.165, 1.54) is 4.31 Å². The van der Waals surface area contributed by atoms with Crippen molar-refractivity contribution in [3.63, 3.8) is 0 Å². The van der Waals surface area contributed by atoms with Crippen molar-refractivity contribution < 1.29 is 13.2 Å². The lowest BCUT2D eigenvalue weighted by Gasteiger charge is -2.25. The number of para-hydroxylation sites is 1. The summed E-state index contributed by atoms with van der Waals surface area (Å²) >= 11 is 0. The van der Waals surface area contributed by atoms with Gasteiger partial charge in [0.1, 0.15) is 0 Å². The molecule has 0 fully saturated rings. The van der Waals surface area contributed by atoms with Crippen LogP contribution in [0.25, 0.3) is 0 Å². The molecule has 0 unspecified atom stereocenters.